The van der Waals surface area contributed by atoms with Gasteiger partial charge in [-0.15, -0.1) is 0 Å². The normalized spacial score (nSPS) is 11.8. The Morgan fingerprint density at radius 3 is 2.70 bits per heavy atom. The first kappa shape index (κ1) is 13.8. The van der Waals surface area contributed by atoms with Crippen molar-refractivity contribution in [3.05, 3.63) is 58.0 Å². The van der Waals surface area contributed by atoms with Gasteiger partial charge in [0.05, 0.1) is 13.5 Å². The van der Waals surface area contributed by atoms with Gasteiger partial charge in [0.25, 0.3) is 5.56 Å². The van der Waals surface area contributed by atoms with Crippen molar-refractivity contribution in [3.63, 3.8) is 0 Å². The molecule has 0 spiro atoms. The van der Waals surface area contributed by atoms with Crippen LogP contribution >= 0.6 is 0 Å². The van der Waals surface area contributed by atoms with Gasteiger partial charge in [0, 0.05) is 17.7 Å². The molecule has 3 N–H and O–H groups in total. The number of nitrogens with two attached hydrogens (primary N) is 1. The topological polar surface area (TPSA) is 98.1 Å². The van der Waals surface area contributed by atoms with Crippen molar-refractivity contribution < 1.29 is 9.53 Å². The summed E-state index contributed by atoms with van der Waals surface area (Å²) in [4.78, 5) is 29.9. The van der Waals surface area contributed by atoms with Gasteiger partial charge in [-0.3, -0.25) is 14.6 Å². The van der Waals surface area contributed by atoms with Gasteiger partial charge in [-0.2, -0.15) is 0 Å². The number of carbonyl (C=O) groups is 1. The summed E-state index contributed by atoms with van der Waals surface area (Å²) in [5.41, 5.74) is 6.31. The molecule has 1 unspecified atom stereocenters. The zero-order valence-corrected chi connectivity index (χ0v) is 11.0. The number of nitrogens with one attached hydrogen (secondary N) is 1. The molecule has 20 heavy (non-hydrogen) atoms. The number of ether oxygens (including phenoxy) is 1. The van der Waals surface area contributed by atoms with E-state index in [0.717, 1.165) is 5.56 Å². The second-order valence-electron chi connectivity index (χ2n) is 4.30. The van der Waals surface area contributed by atoms with Gasteiger partial charge >= 0.3 is 5.97 Å². The Labute approximate surface area is 115 Å². The lowest BCUT2D eigenvalue weighted by molar-refractivity contribution is -0.140. The fourth-order valence-corrected chi connectivity index (χ4v) is 2.01. The molecule has 0 aliphatic heterocycles. The van der Waals surface area contributed by atoms with Crippen LogP contribution in [-0.2, 0) is 9.53 Å². The lowest BCUT2D eigenvalue weighted by Gasteiger charge is -2.15. The summed E-state index contributed by atoms with van der Waals surface area (Å²) in [5, 5.41) is 0. The molecule has 0 aliphatic carbocycles. The van der Waals surface area contributed by atoms with E-state index in [0.29, 0.717) is 5.56 Å². The van der Waals surface area contributed by atoms with Crippen molar-refractivity contribution in [3.8, 4) is 0 Å². The summed E-state index contributed by atoms with van der Waals surface area (Å²) in [6.45, 7) is 0. The molecule has 6 heteroatoms. The number of nitrogen functional groups attached to an aromatic ring is 1. The Kier molecular flexibility index (Phi) is 4.14. The number of aromatic nitrogens is 2. The van der Waals surface area contributed by atoms with Gasteiger partial charge in [0.15, 0.2) is 5.95 Å². The van der Waals surface area contributed by atoms with Gasteiger partial charge in [-0.05, 0) is 5.56 Å². The highest BCUT2D eigenvalue weighted by atomic mass is 16.5. The molecule has 1 aromatic heterocycles. The Hall–Kier alpha value is -2.63. The van der Waals surface area contributed by atoms with Crippen LogP contribution < -0.4 is 11.3 Å². The lowest BCUT2D eigenvalue weighted by Crippen LogP contribution is -2.21. The third kappa shape index (κ3) is 3.03. The summed E-state index contributed by atoms with van der Waals surface area (Å²) in [6, 6.07) is 9.26. The molecule has 104 valence electrons. The van der Waals surface area contributed by atoms with E-state index in [2.05, 4.69) is 9.97 Å². The number of esters is 1. The quantitative estimate of drug-likeness (QED) is 0.811. The molecule has 0 bridgehead atoms. The highest BCUT2D eigenvalue weighted by Crippen LogP contribution is 2.25. The summed E-state index contributed by atoms with van der Waals surface area (Å²) < 4.78 is 4.69. The van der Waals surface area contributed by atoms with E-state index in [1.54, 1.807) is 0 Å². The number of rotatable bonds is 4. The molecule has 2 rings (SSSR count). The van der Waals surface area contributed by atoms with Crippen LogP contribution in [0.1, 0.15) is 23.5 Å². The van der Waals surface area contributed by atoms with Crippen molar-refractivity contribution >= 4 is 11.9 Å². The van der Waals surface area contributed by atoms with E-state index in [4.69, 9.17) is 10.5 Å². The van der Waals surface area contributed by atoms with Gasteiger partial charge in [0.1, 0.15) is 0 Å². The zero-order valence-electron chi connectivity index (χ0n) is 11.0. The van der Waals surface area contributed by atoms with Crippen LogP contribution in [0.5, 0.6) is 0 Å². The number of hydrogen-bond donors (Lipinski definition) is 2. The van der Waals surface area contributed by atoms with Gasteiger partial charge < -0.3 is 10.5 Å². The van der Waals surface area contributed by atoms with Crippen molar-refractivity contribution in [2.75, 3.05) is 12.8 Å². The highest BCUT2D eigenvalue weighted by Gasteiger charge is 2.21. The SMILES string of the molecule is COC(=O)CC(c1ccccc1)c1cnc(N)[nH]c1=O. The van der Waals surface area contributed by atoms with Crippen LogP contribution in [0.4, 0.5) is 5.95 Å². The average molecular weight is 273 g/mol. The van der Waals surface area contributed by atoms with Crippen molar-refractivity contribution in [2.45, 2.75) is 12.3 Å². The third-order valence-electron chi connectivity index (χ3n) is 3.02. The van der Waals surface area contributed by atoms with Gasteiger partial charge in [0.2, 0.25) is 0 Å². The second-order valence-corrected chi connectivity index (χ2v) is 4.30. The molecular formula is C14H15N3O3. The Bertz CT molecular complexity index is 652. The molecule has 0 aliphatic rings. The Balaban J connectivity index is 2.46. The smallest absolute Gasteiger partial charge is 0.306 e. The van der Waals surface area contributed by atoms with Crippen molar-refractivity contribution in [2.24, 2.45) is 0 Å². The van der Waals surface area contributed by atoms with Crippen LogP contribution in [0.2, 0.25) is 0 Å². The molecule has 0 fully saturated rings. The largest absolute Gasteiger partial charge is 0.469 e. The summed E-state index contributed by atoms with van der Waals surface area (Å²) in [7, 11) is 1.32. The predicted octanol–water partition coefficient (Wildman–Crippen LogP) is 1.05. The first-order valence-corrected chi connectivity index (χ1v) is 6.08. The van der Waals surface area contributed by atoms with Crippen molar-refractivity contribution in [1.82, 2.24) is 9.97 Å². The molecule has 1 aromatic carbocycles. The Morgan fingerprint density at radius 2 is 2.10 bits per heavy atom. The molecular weight excluding hydrogens is 258 g/mol. The molecule has 0 saturated carbocycles. The summed E-state index contributed by atoms with van der Waals surface area (Å²) >= 11 is 0. The summed E-state index contributed by atoms with van der Waals surface area (Å²) in [5.74, 6) is -0.765. The molecule has 1 heterocycles. The maximum absolute atomic E-state index is 12.0. The summed E-state index contributed by atoms with van der Waals surface area (Å²) in [6.07, 6.45) is 1.46. The average Bonchev–Trinajstić information content (AvgIpc) is 2.46. The van der Waals surface area contributed by atoms with E-state index in [-0.39, 0.29) is 17.9 Å². The minimum absolute atomic E-state index is 0.0450. The molecule has 0 radical (unpaired) electrons. The number of anilines is 1. The number of methoxy groups -OCH3 is 1. The molecule has 0 amide bonds. The molecule has 0 saturated heterocycles. The number of nitrogens with zero attached hydrogens (tertiary/aromatic N) is 1. The number of hydrogen-bond acceptors (Lipinski definition) is 5. The third-order valence-corrected chi connectivity index (χ3v) is 3.02. The molecule has 2 aromatic rings. The maximum Gasteiger partial charge on any atom is 0.306 e. The first-order valence-electron chi connectivity index (χ1n) is 6.08. The van der Waals surface area contributed by atoms with Gasteiger partial charge in [-0.1, -0.05) is 30.3 Å². The lowest BCUT2D eigenvalue weighted by atomic mass is 9.90. The standard InChI is InChI=1S/C14H15N3O3/c1-20-12(18)7-10(9-5-3-2-4-6-9)11-8-16-14(15)17-13(11)19/h2-6,8,10H,7H2,1H3,(H3,15,16,17,19). The number of aromatic amines is 1. The van der Waals surface area contributed by atoms with Gasteiger partial charge in [-0.25, -0.2) is 4.98 Å². The minimum Gasteiger partial charge on any atom is -0.469 e. The van der Waals surface area contributed by atoms with E-state index in [1.165, 1.54) is 13.3 Å². The van der Waals surface area contributed by atoms with Crippen LogP contribution in [0.3, 0.4) is 0 Å². The van der Waals surface area contributed by atoms with E-state index < -0.39 is 11.9 Å². The van der Waals surface area contributed by atoms with E-state index in [1.807, 2.05) is 30.3 Å². The van der Waals surface area contributed by atoms with Crippen molar-refractivity contribution in [1.29, 1.82) is 0 Å². The van der Waals surface area contributed by atoms with Crippen LogP contribution in [0, 0.1) is 0 Å². The van der Waals surface area contributed by atoms with Crippen LogP contribution in [-0.4, -0.2) is 23.0 Å². The van der Waals surface area contributed by atoms with Crippen LogP contribution in [0.15, 0.2) is 41.3 Å². The molecule has 1 atom stereocenters. The fourth-order valence-electron chi connectivity index (χ4n) is 2.01. The maximum atomic E-state index is 12.0. The highest BCUT2D eigenvalue weighted by molar-refractivity contribution is 5.71. The van der Waals surface area contributed by atoms with E-state index in [9.17, 15) is 9.59 Å². The van der Waals surface area contributed by atoms with Crippen LogP contribution in [0.25, 0.3) is 0 Å². The second kappa shape index (κ2) is 6.01. The molecule has 6 nitrogen and oxygen atoms in total. The number of H-pyrrole nitrogens is 1. The predicted molar refractivity (Wildman–Crippen MR) is 74.2 cm³/mol. The minimum atomic E-state index is -0.416. The Morgan fingerprint density at radius 1 is 1.40 bits per heavy atom. The number of benzene rings is 1. The fraction of sp³-hybridized carbons (Fsp3) is 0.214. The van der Waals surface area contributed by atoms with E-state index >= 15 is 0 Å². The zero-order chi connectivity index (χ0) is 14.5. The monoisotopic (exact) mass is 273 g/mol. The first-order chi connectivity index (χ1) is 9.61. The number of carbonyl (C=O) groups excluding carboxylic acids is 1.